The lowest BCUT2D eigenvalue weighted by Gasteiger charge is -2.16. The van der Waals surface area contributed by atoms with E-state index in [-0.39, 0.29) is 48.6 Å². The highest BCUT2D eigenvalue weighted by atomic mass is 127. The zero-order valence-corrected chi connectivity index (χ0v) is 18.5. The predicted molar refractivity (Wildman–Crippen MR) is 115 cm³/mol. The number of methoxy groups -OCH3 is 1. The number of benzene rings is 2. The third-order valence-corrected chi connectivity index (χ3v) is 3.80. The number of hydrogen-bond donors (Lipinski definition) is 2. The van der Waals surface area contributed by atoms with Gasteiger partial charge in [-0.25, -0.2) is 0 Å². The maximum absolute atomic E-state index is 12.7. The number of alkyl halides is 4. The number of para-hydroxylation sites is 1. The third kappa shape index (κ3) is 8.13. The van der Waals surface area contributed by atoms with E-state index in [0.717, 1.165) is 0 Å². The van der Waals surface area contributed by atoms with Crippen molar-refractivity contribution in [1.82, 2.24) is 10.6 Å². The van der Waals surface area contributed by atoms with E-state index in [1.54, 1.807) is 30.3 Å². The molecule has 6 nitrogen and oxygen atoms in total. The van der Waals surface area contributed by atoms with Gasteiger partial charge in [0.1, 0.15) is 17.2 Å². The summed E-state index contributed by atoms with van der Waals surface area (Å²) in [6, 6.07) is 10.9. The summed E-state index contributed by atoms with van der Waals surface area (Å²) >= 11 is 0. The number of rotatable bonds is 9. The molecule has 30 heavy (non-hydrogen) atoms. The molecule has 0 aliphatic rings. The molecular formula is C19H22F4IN3O3. The van der Waals surface area contributed by atoms with Crippen molar-refractivity contribution < 1.29 is 31.8 Å². The van der Waals surface area contributed by atoms with Gasteiger partial charge in [0, 0.05) is 37.3 Å². The lowest BCUT2D eigenvalue weighted by molar-refractivity contribution is -0.0511. The quantitative estimate of drug-likeness (QED) is 0.213. The van der Waals surface area contributed by atoms with Crippen LogP contribution in [0.25, 0.3) is 0 Å². The average molecular weight is 543 g/mol. The zero-order valence-electron chi connectivity index (χ0n) is 16.2. The highest BCUT2D eigenvalue weighted by Gasteiger charge is 2.13. The third-order valence-electron chi connectivity index (χ3n) is 3.80. The number of halogens is 5. The fraction of sp³-hybridized carbons (Fsp3) is 0.316. The van der Waals surface area contributed by atoms with E-state index in [2.05, 4.69) is 25.1 Å². The first-order valence-corrected chi connectivity index (χ1v) is 8.52. The zero-order chi connectivity index (χ0) is 21.2. The summed E-state index contributed by atoms with van der Waals surface area (Å²) in [6.45, 7) is -5.63. The van der Waals surface area contributed by atoms with Crippen LogP contribution in [0.2, 0.25) is 0 Å². The molecular weight excluding hydrogens is 521 g/mol. The van der Waals surface area contributed by atoms with Gasteiger partial charge >= 0.3 is 13.2 Å². The van der Waals surface area contributed by atoms with Gasteiger partial charge in [-0.1, -0.05) is 18.2 Å². The van der Waals surface area contributed by atoms with E-state index in [0.29, 0.717) is 22.8 Å². The molecule has 0 bridgehead atoms. The molecule has 0 amide bonds. The monoisotopic (exact) mass is 543 g/mol. The summed E-state index contributed by atoms with van der Waals surface area (Å²) in [7, 11) is 2.93. The Morgan fingerprint density at radius 1 is 0.900 bits per heavy atom. The van der Waals surface area contributed by atoms with E-state index in [1.165, 1.54) is 26.3 Å². The molecule has 0 saturated heterocycles. The molecule has 166 valence electrons. The molecule has 2 rings (SSSR count). The van der Waals surface area contributed by atoms with Crippen LogP contribution in [0.15, 0.2) is 47.5 Å². The normalized spacial score (nSPS) is 11.1. The van der Waals surface area contributed by atoms with Gasteiger partial charge in [0.25, 0.3) is 0 Å². The van der Waals surface area contributed by atoms with Crippen LogP contribution in [0.3, 0.4) is 0 Å². The second-order valence-electron chi connectivity index (χ2n) is 5.62. The second kappa shape index (κ2) is 13.0. The summed E-state index contributed by atoms with van der Waals surface area (Å²) in [5.41, 5.74) is 0.956. The lowest BCUT2D eigenvalue weighted by atomic mass is 10.2. The van der Waals surface area contributed by atoms with Gasteiger partial charge in [-0.05, 0) is 18.2 Å². The molecule has 0 fully saturated rings. The maximum Gasteiger partial charge on any atom is 0.387 e. The lowest BCUT2D eigenvalue weighted by Crippen LogP contribution is -2.36. The van der Waals surface area contributed by atoms with Crippen LogP contribution < -0.4 is 24.8 Å². The van der Waals surface area contributed by atoms with Crippen molar-refractivity contribution in [3.63, 3.8) is 0 Å². The number of ether oxygens (including phenoxy) is 3. The van der Waals surface area contributed by atoms with E-state index >= 15 is 0 Å². The van der Waals surface area contributed by atoms with Gasteiger partial charge in [0.15, 0.2) is 5.96 Å². The molecule has 0 unspecified atom stereocenters. The molecule has 11 heteroatoms. The number of nitrogens with one attached hydrogen (secondary N) is 2. The molecule has 2 aromatic rings. The summed E-state index contributed by atoms with van der Waals surface area (Å²) in [5.74, 6) is 0.726. The number of aliphatic imine (C=N–C) groups is 1. The number of guanidine groups is 1. The minimum Gasteiger partial charge on any atom is -0.497 e. The van der Waals surface area contributed by atoms with Crippen molar-refractivity contribution in [1.29, 1.82) is 0 Å². The summed E-state index contributed by atoms with van der Waals surface area (Å²) < 4.78 is 64.3. The molecule has 2 N–H and O–H groups in total. The smallest absolute Gasteiger partial charge is 0.387 e. The van der Waals surface area contributed by atoms with Crippen LogP contribution in [0.1, 0.15) is 11.1 Å². The molecule has 0 aliphatic heterocycles. The largest absolute Gasteiger partial charge is 0.497 e. The standard InChI is InChI=1S/C19H21F4N3O3.HI/c1-24-19(25-10-12-5-3-4-6-15(12)28-17(20)21)26-11-13-7-8-14(27-2)9-16(13)29-18(22)23;/h3-9,17-18H,10-11H2,1-2H3,(H2,24,25,26);1H. The first-order chi connectivity index (χ1) is 13.9. The van der Waals surface area contributed by atoms with Crippen molar-refractivity contribution >= 4 is 29.9 Å². The summed E-state index contributed by atoms with van der Waals surface area (Å²) in [5, 5.41) is 5.90. The Kier molecular flexibility index (Phi) is 11.1. The van der Waals surface area contributed by atoms with Gasteiger partial charge in [0.05, 0.1) is 7.11 Å². The fourth-order valence-electron chi connectivity index (χ4n) is 2.45. The molecule has 0 radical (unpaired) electrons. The van der Waals surface area contributed by atoms with Crippen molar-refractivity contribution in [2.75, 3.05) is 14.2 Å². The Balaban J connectivity index is 0.00000450. The Hall–Kier alpha value is -2.44. The van der Waals surface area contributed by atoms with Crippen molar-refractivity contribution in [2.45, 2.75) is 26.3 Å². The first-order valence-electron chi connectivity index (χ1n) is 8.52. The van der Waals surface area contributed by atoms with Crippen LogP contribution in [0.4, 0.5) is 17.6 Å². The fourth-order valence-corrected chi connectivity index (χ4v) is 2.45. The highest BCUT2D eigenvalue weighted by Crippen LogP contribution is 2.26. The molecule has 0 heterocycles. The Bertz CT molecular complexity index is 825. The minimum absolute atomic E-state index is 0. The summed E-state index contributed by atoms with van der Waals surface area (Å²) in [6.07, 6.45) is 0. The van der Waals surface area contributed by atoms with Gasteiger partial charge in [-0.3, -0.25) is 4.99 Å². The molecule has 0 saturated carbocycles. The molecule has 0 aromatic heterocycles. The SMILES string of the molecule is CN=C(NCc1ccccc1OC(F)F)NCc1ccc(OC)cc1OC(F)F.I. The van der Waals surface area contributed by atoms with E-state index < -0.39 is 13.2 Å². The van der Waals surface area contributed by atoms with Gasteiger partial charge < -0.3 is 24.8 Å². The molecule has 0 aliphatic carbocycles. The van der Waals surface area contributed by atoms with Crippen LogP contribution >= 0.6 is 24.0 Å². The van der Waals surface area contributed by atoms with Crippen LogP contribution in [-0.2, 0) is 13.1 Å². The number of hydrogen-bond acceptors (Lipinski definition) is 4. The first kappa shape index (κ1) is 25.6. The second-order valence-corrected chi connectivity index (χ2v) is 5.62. The Morgan fingerprint density at radius 3 is 2.03 bits per heavy atom. The maximum atomic E-state index is 12.7. The van der Waals surface area contributed by atoms with Gasteiger partial charge in [0.2, 0.25) is 0 Å². The average Bonchev–Trinajstić information content (AvgIpc) is 2.69. The topological polar surface area (TPSA) is 64.1 Å². The van der Waals surface area contributed by atoms with Crippen molar-refractivity contribution in [3.05, 3.63) is 53.6 Å². The van der Waals surface area contributed by atoms with E-state index in [1.807, 2.05) is 0 Å². The Labute approximate surface area is 188 Å². The van der Waals surface area contributed by atoms with Gasteiger partial charge in [-0.15, -0.1) is 24.0 Å². The minimum atomic E-state index is -2.98. The van der Waals surface area contributed by atoms with Crippen LogP contribution in [-0.4, -0.2) is 33.3 Å². The number of nitrogens with zero attached hydrogens (tertiary/aromatic N) is 1. The van der Waals surface area contributed by atoms with E-state index in [4.69, 9.17) is 4.74 Å². The summed E-state index contributed by atoms with van der Waals surface area (Å²) in [4.78, 5) is 4.02. The van der Waals surface area contributed by atoms with Crippen molar-refractivity contribution in [3.8, 4) is 17.2 Å². The van der Waals surface area contributed by atoms with E-state index in [9.17, 15) is 17.6 Å². The van der Waals surface area contributed by atoms with Crippen molar-refractivity contribution in [2.24, 2.45) is 4.99 Å². The highest BCUT2D eigenvalue weighted by molar-refractivity contribution is 14.0. The molecule has 0 atom stereocenters. The molecule has 2 aromatic carbocycles. The predicted octanol–water partition coefficient (Wildman–Crippen LogP) is 4.38. The van der Waals surface area contributed by atoms with Crippen LogP contribution in [0, 0.1) is 0 Å². The Morgan fingerprint density at radius 2 is 1.47 bits per heavy atom. The van der Waals surface area contributed by atoms with Gasteiger partial charge in [-0.2, -0.15) is 17.6 Å². The van der Waals surface area contributed by atoms with Crippen LogP contribution in [0.5, 0.6) is 17.2 Å². The molecule has 0 spiro atoms.